The molecular weight excluding hydrogens is 252 g/mol. The van der Waals surface area contributed by atoms with Crippen LogP contribution in [-0.4, -0.2) is 18.6 Å². The van der Waals surface area contributed by atoms with Crippen molar-refractivity contribution in [3.05, 3.63) is 35.4 Å². The predicted octanol–water partition coefficient (Wildman–Crippen LogP) is 2.50. The second-order valence-corrected chi connectivity index (χ2v) is 4.87. The molecule has 2 rings (SSSR count). The summed E-state index contributed by atoms with van der Waals surface area (Å²) in [4.78, 5) is 12.1. The van der Waals surface area contributed by atoms with Gasteiger partial charge in [0.2, 0.25) is 0 Å². The third-order valence-electron chi connectivity index (χ3n) is 3.24. The topological polar surface area (TPSA) is 38.3 Å². The van der Waals surface area contributed by atoms with Gasteiger partial charge in [-0.3, -0.25) is 5.32 Å². The molecule has 0 amide bonds. The number of carbonyl (C=O) groups is 1. The minimum absolute atomic E-state index is 0.0159. The van der Waals surface area contributed by atoms with Gasteiger partial charge < -0.3 is 4.74 Å². The molecule has 0 spiro atoms. The number of hydrogen-bond acceptors (Lipinski definition) is 3. The Kier molecular flexibility index (Phi) is 3.85. The zero-order chi connectivity index (χ0) is 14.0. The molecule has 3 nitrogen and oxygen atoms in total. The lowest BCUT2D eigenvalue weighted by atomic mass is 9.91. The second kappa shape index (κ2) is 5.25. The number of halogens is 2. The van der Waals surface area contributed by atoms with E-state index in [1.165, 1.54) is 19.1 Å². The minimum atomic E-state index is -1.36. The number of hydrogen-bond donors (Lipinski definition) is 1. The van der Waals surface area contributed by atoms with Crippen LogP contribution in [0.1, 0.15) is 32.3 Å². The van der Waals surface area contributed by atoms with E-state index < -0.39 is 23.1 Å². The fraction of sp³-hybridized carbons (Fsp3) is 0.500. The van der Waals surface area contributed by atoms with Crippen LogP contribution in [0.2, 0.25) is 0 Å². The summed E-state index contributed by atoms with van der Waals surface area (Å²) in [6, 6.07) is 3.98. The molecule has 1 unspecified atom stereocenters. The van der Waals surface area contributed by atoms with E-state index in [0.29, 0.717) is 0 Å². The SMILES string of the molecule is CCOC(=O)C(C)(NC1CC1)c1cccc(F)c1F. The van der Waals surface area contributed by atoms with Crippen LogP contribution in [0.25, 0.3) is 0 Å². The molecule has 1 saturated carbocycles. The van der Waals surface area contributed by atoms with Crippen molar-refractivity contribution in [1.82, 2.24) is 5.32 Å². The Hall–Kier alpha value is -1.49. The Morgan fingerprint density at radius 2 is 2.16 bits per heavy atom. The average Bonchev–Trinajstić information content (AvgIpc) is 3.16. The van der Waals surface area contributed by atoms with Gasteiger partial charge in [0, 0.05) is 11.6 Å². The quantitative estimate of drug-likeness (QED) is 0.835. The van der Waals surface area contributed by atoms with Gasteiger partial charge in [-0.2, -0.15) is 0 Å². The van der Waals surface area contributed by atoms with Crippen LogP contribution >= 0.6 is 0 Å². The normalized spacial score (nSPS) is 17.9. The summed E-state index contributed by atoms with van der Waals surface area (Å²) in [6.07, 6.45) is 1.85. The highest BCUT2D eigenvalue weighted by atomic mass is 19.2. The Bertz CT molecular complexity index is 488. The minimum Gasteiger partial charge on any atom is -0.464 e. The number of rotatable bonds is 5. The number of carbonyl (C=O) groups excluding carboxylic acids is 1. The number of benzene rings is 1. The first-order valence-electron chi connectivity index (χ1n) is 6.38. The number of nitrogens with one attached hydrogen (secondary N) is 1. The van der Waals surface area contributed by atoms with Crippen LogP contribution in [0.3, 0.4) is 0 Å². The first-order chi connectivity index (χ1) is 8.99. The van der Waals surface area contributed by atoms with Crippen LogP contribution < -0.4 is 5.32 Å². The van der Waals surface area contributed by atoms with E-state index in [9.17, 15) is 13.6 Å². The molecule has 0 aromatic heterocycles. The van der Waals surface area contributed by atoms with Gasteiger partial charge in [0.05, 0.1) is 6.61 Å². The third-order valence-corrected chi connectivity index (χ3v) is 3.24. The van der Waals surface area contributed by atoms with E-state index in [-0.39, 0.29) is 18.2 Å². The molecule has 1 aromatic rings. The van der Waals surface area contributed by atoms with Crippen LogP contribution in [-0.2, 0) is 15.1 Å². The highest BCUT2D eigenvalue weighted by Gasteiger charge is 2.43. The largest absolute Gasteiger partial charge is 0.464 e. The van der Waals surface area contributed by atoms with Crippen molar-refractivity contribution < 1.29 is 18.3 Å². The Morgan fingerprint density at radius 1 is 1.47 bits per heavy atom. The molecule has 19 heavy (non-hydrogen) atoms. The molecule has 1 aliphatic carbocycles. The Balaban J connectivity index is 2.40. The molecule has 1 fully saturated rings. The van der Waals surface area contributed by atoms with Gasteiger partial charge in [0.25, 0.3) is 0 Å². The summed E-state index contributed by atoms with van der Waals surface area (Å²) >= 11 is 0. The summed E-state index contributed by atoms with van der Waals surface area (Å²) in [5, 5.41) is 3.06. The maximum Gasteiger partial charge on any atom is 0.330 e. The maximum atomic E-state index is 13.9. The highest BCUT2D eigenvalue weighted by molar-refractivity contribution is 5.82. The fourth-order valence-corrected chi connectivity index (χ4v) is 2.05. The summed E-state index contributed by atoms with van der Waals surface area (Å²) in [7, 11) is 0. The van der Waals surface area contributed by atoms with Crippen molar-refractivity contribution >= 4 is 5.97 Å². The van der Waals surface area contributed by atoms with Gasteiger partial charge in [-0.25, -0.2) is 13.6 Å². The standard InChI is InChI=1S/C14H17F2NO2/c1-3-19-13(18)14(2,17-9-7-8-9)10-5-4-6-11(15)12(10)16/h4-6,9,17H,3,7-8H2,1-2H3. The van der Waals surface area contributed by atoms with Crippen LogP contribution in [0.4, 0.5) is 8.78 Å². The third kappa shape index (κ3) is 2.76. The van der Waals surface area contributed by atoms with E-state index in [0.717, 1.165) is 18.9 Å². The molecule has 1 atom stereocenters. The molecule has 0 radical (unpaired) electrons. The molecular formula is C14H17F2NO2. The summed E-state index contributed by atoms with van der Waals surface area (Å²) in [5.41, 5.74) is -1.37. The van der Waals surface area contributed by atoms with Gasteiger partial charge in [-0.15, -0.1) is 0 Å². The lowest BCUT2D eigenvalue weighted by Gasteiger charge is -2.29. The zero-order valence-corrected chi connectivity index (χ0v) is 11.0. The molecule has 5 heteroatoms. The van der Waals surface area contributed by atoms with Crippen LogP contribution in [0.5, 0.6) is 0 Å². The van der Waals surface area contributed by atoms with Crippen molar-refractivity contribution in [3.63, 3.8) is 0 Å². The molecule has 0 bridgehead atoms. The molecule has 1 N–H and O–H groups in total. The Labute approximate surface area is 111 Å². The van der Waals surface area contributed by atoms with E-state index in [2.05, 4.69) is 5.32 Å². The van der Waals surface area contributed by atoms with E-state index in [1.807, 2.05) is 0 Å². The van der Waals surface area contributed by atoms with Crippen molar-refractivity contribution in [3.8, 4) is 0 Å². The fourth-order valence-electron chi connectivity index (χ4n) is 2.05. The average molecular weight is 269 g/mol. The van der Waals surface area contributed by atoms with Crippen molar-refractivity contribution in [1.29, 1.82) is 0 Å². The molecule has 1 aromatic carbocycles. The van der Waals surface area contributed by atoms with E-state index >= 15 is 0 Å². The smallest absolute Gasteiger partial charge is 0.330 e. The van der Waals surface area contributed by atoms with Gasteiger partial charge in [0.15, 0.2) is 11.6 Å². The Morgan fingerprint density at radius 3 is 2.74 bits per heavy atom. The molecule has 1 aliphatic rings. The van der Waals surface area contributed by atoms with Gasteiger partial charge in [-0.05, 0) is 32.8 Å². The molecule has 0 aliphatic heterocycles. The zero-order valence-electron chi connectivity index (χ0n) is 11.0. The van der Waals surface area contributed by atoms with E-state index in [4.69, 9.17) is 4.74 Å². The van der Waals surface area contributed by atoms with Crippen molar-refractivity contribution in [2.75, 3.05) is 6.61 Å². The number of ether oxygens (including phenoxy) is 1. The lowest BCUT2D eigenvalue weighted by Crippen LogP contribution is -2.49. The second-order valence-electron chi connectivity index (χ2n) is 4.87. The molecule has 104 valence electrons. The predicted molar refractivity (Wildman–Crippen MR) is 66.5 cm³/mol. The highest BCUT2D eigenvalue weighted by Crippen LogP contribution is 2.31. The summed E-state index contributed by atoms with van der Waals surface area (Å²) in [5.74, 6) is -2.57. The summed E-state index contributed by atoms with van der Waals surface area (Å²) in [6.45, 7) is 3.40. The first-order valence-corrected chi connectivity index (χ1v) is 6.38. The van der Waals surface area contributed by atoms with E-state index in [1.54, 1.807) is 6.92 Å². The lowest BCUT2D eigenvalue weighted by molar-refractivity contribution is -0.151. The molecule has 0 heterocycles. The van der Waals surface area contributed by atoms with Gasteiger partial charge in [-0.1, -0.05) is 12.1 Å². The van der Waals surface area contributed by atoms with Gasteiger partial charge in [0.1, 0.15) is 5.54 Å². The van der Waals surface area contributed by atoms with Crippen molar-refractivity contribution in [2.45, 2.75) is 38.3 Å². The monoisotopic (exact) mass is 269 g/mol. The van der Waals surface area contributed by atoms with Crippen LogP contribution in [0, 0.1) is 11.6 Å². The first kappa shape index (κ1) is 13.9. The number of esters is 1. The van der Waals surface area contributed by atoms with Gasteiger partial charge >= 0.3 is 5.97 Å². The molecule has 0 saturated heterocycles. The summed E-state index contributed by atoms with van der Waals surface area (Å²) < 4.78 is 32.3. The van der Waals surface area contributed by atoms with Crippen molar-refractivity contribution in [2.24, 2.45) is 0 Å². The maximum absolute atomic E-state index is 13.9. The van der Waals surface area contributed by atoms with Crippen LogP contribution in [0.15, 0.2) is 18.2 Å².